The van der Waals surface area contributed by atoms with Gasteiger partial charge in [0.25, 0.3) is 0 Å². The Bertz CT molecular complexity index is 464. The summed E-state index contributed by atoms with van der Waals surface area (Å²) in [5.41, 5.74) is 6.18. The van der Waals surface area contributed by atoms with Gasteiger partial charge in [-0.3, -0.25) is 9.78 Å². The van der Waals surface area contributed by atoms with E-state index >= 15 is 0 Å². The first-order chi connectivity index (χ1) is 7.31. The molecule has 2 heterocycles. The fraction of sp³-hybridized carbons (Fsp3) is 0.0909. The zero-order chi connectivity index (χ0) is 10.7. The third kappa shape index (κ3) is 2.11. The first-order valence-electron chi connectivity index (χ1n) is 4.56. The van der Waals surface area contributed by atoms with Gasteiger partial charge in [-0.25, -0.2) is 0 Å². The van der Waals surface area contributed by atoms with Crippen molar-refractivity contribution in [3.8, 4) is 10.6 Å². The molecule has 0 spiro atoms. The van der Waals surface area contributed by atoms with Gasteiger partial charge in [0.2, 0.25) is 0 Å². The lowest BCUT2D eigenvalue weighted by Crippen LogP contribution is -2.11. The summed E-state index contributed by atoms with van der Waals surface area (Å²) in [4.78, 5) is 17.2. The number of Topliss-reactive ketones (excluding diaryl/α,β-unsaturated/α-hetero) is 1. The number of ketones is 1. The molecule has 0 atom stereocenters. The predicted molar refractivity (Wildman–Crippen MR) is 60.9 cm³/mol. The van der Waals surface area contributed by atoms with Crippen molar-refractivity contribution < 1.29 is 4.79 Å². The van der Waals surface area contributed by atoms with Gasteiger partial charge in [0.15, 0.2) is 5.78 Å². The molecule has 2 N–H and O–H groups in total. The van der Waals surface area contributed by atoms with Gasteiger partial charge < -0.3 is 5.73 Å². The molecule has 0 saturated heterocycles. The molecule has 0 bridgehead atoms. The topological polar surface area (TPSA) is 56.0 Å². The van der Waals surface area contributed by atoms with Crippen LogP contribution in [-0.4, -0.2) is 17.3 Å². The highest BCUT2D eigenvalue weighted by Crippen LogP contribution is 2.26. The van der Waals surface area contributed by atoms with Crippen molar-refractivity contribution in [3.05, 3.63) is 41.4 Å². The minimum atomic E-state index is -0.0258. The van der Waals surface area contributed by atoms with Crippen molar-refractivity contribution in [2.45, 2.75) is 0 Å². The maximum Gasteiger partial charge on any atom is 0.186 e. The average Bonchev–Trinajstić information content (AvgIpc) is 2.78. The van der Waals surface area contributed by atoms with E-state index in [0.29, 0.717) is 4.88 Å². The molecule has 0 aromatic carbocycles. The summed E-state index contributed by atoms with van der Waals surface area (Å²) >= 11 is 1.43. The molecule has 2 aromatic heterocycles. The second kappa shape index (κ2) is 4.33. The largest absolute Gasteiger partial charge is 0.324 e. The Morgan fingerprint density at radius 1 is 1.33 bits per heavy atom. The van der Waals surface area contributed by atoms with Gasteiger partial charge in [0, 0.05) is 6.20 Å². The monoisotopic (exact) mass is 218 g/mol. The molecular weight excluding hydrogens is 208 g/mol. The Kier molecular flexibility index (Phi) is 2.89. The average molecular weight is 218 g/mol. The van der Waals surface area contributed by atoms with Crippen LogP contribution in [0.15, 0.2) is 36.5 Å². The van der Waals surface area contributed by atoms with Crippen LogP contribution in [0, 0.1) is 0 Å². The van der Waals surface area contributed by atoms with Crippen LogP contribution in [-0.2, 0) is 0 Å². The normalized spacial score (nSPS) is 10.2. The molecule has 76 valence electrons. The molecule has 0 fully saturated rings. The van der Waals surface area contributed by atoms with Gasteiger partial charge in [-0.1, -0.05) is 6.07 Å². The molecule has 2 rings (SSSR count). The highest BCUT2D eigenvalue weighted by Gasteiger charge is 2.08. The number of nitrogens with two attached hydrogens (primary N) is 1. The number of carbonyl (C=O) groups is 1. The smallest absolute Gasteiger partial charge is 0.186 e. The van der Waals surface area contributed by atoms with E-state index in [-0.39, 0.29) is 12.3 Å². The number of hydrogen-bond acceptors (Lipinski definition) is 4. The number of thiophene rings is 1. The van der Waals surface area contributed by atoms with Crippen molar-refractivity contribution in [3.63, 3.8) is 0 Å². The van der Waals surface area contributed by atoms with Gasteiger partial charge in [-0.15, -0.1) is 11.3 Å². The molecule has 2 aromatic rings. The molecule has 0 radical (unpaired) electrons. The van der Waals surface area contributed by atoms with Gasteiger partial charge in [0.1, 0.15) is 0 Å². The molecule has 0 saturated carbocycles. The lowest BCUT2D eigenvalue weighted by Gasteiger charge is -1.93. The number of aromatic nitrogens is 1. The minimum Gasteiger partial charge on any atom is -0.324 e. The van der Waals surface area contributed by atoms with Gasteiger partial charge in [-0.05, 0) is 24.3 Å². The molecule has 4 heteroatoms. The fourth-order valence-corrected chi connectivity index (χ4v) is 2.17. The van der Waals surface area contributed by atoms with E-state index < -0.39 is 0 Å². The van der Waals surface area contributed by atoms with Crippen LogP contribution >= 0.6 is 11.3 Å². The van der Waals surface area contributed by atoms with Gasteiger partial charge in [0.05, 0.1) is 22.0 Å². The summed E-state index contributed by atoms with van der Waals surface area (Å²) in [6.45, 7) is 0.0577. The van der Waals surface area contributed by atoms with Crippen LogP contribution in [0.1, 0.15) is 9.67 Å². The first-order valence-corrected chi connectivity index (χ1v) is 5.37. The van der Waals surface area contributed by atoms with Gasteiger partial charge >= 0.3 is 0 Å². The predicted octanol–water partition coefficient (Wildman–Crippen LogP) is 1.95. The van der Waals surface area contributed by atoms with E-state index in [0.717, 1.165) is 10.6 Å². The molecule has 3 nitrogen and oxygen atoms in total. The van der Waals surface area contributed by atoms with E-state index in [1.165, 1.54) is 11.3 Å². The molecule has 0 aliphatic rings. The van der Waals surface area contributed by atoms with E-state index in [1.807, 2.05) is 24.3 Å². The van der Waals surface area contributed by atoms with Crippen LogP contribution in [0.4, 0.5) is 0 Å². The summed E-state index contributed by atoms with van der Waals surface area (Å²) < 4.78 is 0. The van der Waals surface area contributed by atoms with Gasteiger partial charge in [-0.2, -0.15) is 0 Å². The van der Waals surface area contributed by atoms with E-state index in [1.54, 1.807) is 12.3 Å². The van der Waals surface area contributed by atoms with Crippen LogP contribution in [0.2, 0.25) is 0 Å². The Morgan fingerprint density at radius 2 is 2.20 bits per heavy atom. The summed E-state index contributed by atoms with van der Waals surface area (Å²) in [7, 11) is 0. The molecule has 0 aliphatic heterocycles. The fourth-order valence-electron chi connectivity index (χ4n) is 1.23. The van der Waals surface area contributed by atoms with Crippen LogP contribution in [0.25, 0.3) is 10.6 Å². The van der Waals surface area contributed by atoms with Crippen molar-refractivity contribution in [1.82, 2.24) is 4.98 Å². The number of pyridine rings is 1. The Hall–Kier alpha value is -1.52. The summed E-state index contributed by atoms with van der Waals surface area (Å²) in [6, 6.07) is 9.40. The lowest BCUT2D eigenvalue weighted by atomic mass is 10.3. The SMILES string of the molecule is NCC(=O)c1ccc(-c2ccccn2)s1. The number of nitrogens with zero attached hydrogens (tertiary/aromatic N) is 1. The van der Waals surface area contributed by atoms with E-state index in [9.17, 15) is 4.79 Å². The molecular formula is C11H10N2OS. The zero-order valence-corrected chi connectivity index (χ0v) is 8.83. The lowest BCUT2D eigenvalue weighted by molar-refractivity contribution is 0.100. The van der Waals surface area contributed by atoms with Crippen LogP contribution < -0.4 is 5.73 Å². The maximum atomic E-state index is 11.3. The molecule has 0 amide bonds. The summed E-state index contributed by atoms with van der Waals surface area (Å²) in [5.74, 6) is -0.0258. The first kappa shape index (κ1) is 10.0. The van der Waals surface area contributed by atoms with Crippen molar-refractivity contribution >= 4 is 17.1 Å². The van der Waals surface area contributed by atoms with Crippen LogP contribution in [0.3, 0.4) is 0 Å². The molecule has 15 heavy (non-hydrogen) atoms. The standard InChI is InChI=1S/C11H10N2OS/c12-7-9(14)11-5-4-10(15-11)8-3-1-2-6-13-8/h1-6H,7,12H2. The van der Waals surface area contributed by atoms with Crippen LogP contribution in [0.5, 0.6) is 0 Å². The Morgan fingerprint density at radius 3 is 2.87 bits per heavy atom. The second-order valence-corrected chi connectivity index (χ2v) is 4.09. The third-order valence-electron chi connectivity index (χ3n) is 1.98. The summed E-state index contributed by atoms with van der Waals surface area (Å²) in [5, 5.41) is 0. The second-order valence-electron chi connectivity index (χ2n) is 3.01. The highest BCUT2D eigenvalue weighted by molar-refractivity contribution is 7.17. The van der Waals surface area contributed by atoms with Crippen molar-refractivity contribution in [1.29, 1.82) is 0 Å². The van der Waals surface area contributed by atoms with E-state index in [2.05, 4.69) is 4.98 Å². The number of rotatable bonds is 3. The highest BCUT2D eigenvalue weighted by atomic mass is 32.1. The Balaban J connectivity index is 2.32. The van der Waals surface area contributed by atoms with Crippen molar-refractivity contribution in [2.24, 2.45) is 5.73 Å². The number of carbonyl (C=O) groups excluding carboxylic acids is 1. The quantitative estimate of drug-likeness (QED) is 0.801. The summed E-state index contributed by atoms with van der Waals surface area (Å²) in [6.07, 6.45) is 1.74. The minimum absolute atomic E-state index is 0.0258. The van der Waals surface area contributed by atoms with Crippen molar-refractivity contribution in [2.75, 3.05) is 6.54 Å². The zero-order valence-electron chi connectivity index (χ0n) is 8.01. The third-order valence-corrected chi connectivity index (χ3v) is 3.13. The Labute approximate surface area is 91.6 Å². The maximum absolute atomic E-state index is 11.3. The molecule has 0 unspecified atom stereocenters. The molecule has 0 aliphatic carbocycles. The number of hydrogen-bond donors (Lipinski definition) is 1. The van der Waals surface area contributed by atoms with E-state index in [4.69, 9.17) is 5.73 Å².